The normalized spacial score (nSPS) is 19.2. The lowest BCUT2D eigenvalue weighted by Crippen LogP contribution is -2.34. The Morgan fingerprint density at radius 1 is 1.38 bits per heavy atom. The number of rotatable bonds is 2. The first-order valence-electron chi connectivity index (χ1n) is 5.62. The molecule has 0 spiro atoms. The SMILES string of the molecule is Cc1nn(C)c(CN2CCC(Cl)CC2)c1Cl. The lowest BCUT2D eigenvalue weighted by Gasteiger charge is -2.29. The number of alkyl halides is 1. The fourth-order valence-electron chi connectivity index (χ4n) is 2.12. The van der Waals surface area contributed by atoms with Gasteiger partial charge >= 0.3 is 0 Å². The van der Waals surface area contributed by atoms with E-state index >= 15 is 0 Å². The fourth-order valence-corrected chi connectivity index (χ4v) is 2.54. The van der Waals surface area contributed by atoms with Gasteiger partial charge in [-0.1, -0.05) is 11.6 Å². The Labute approximate surface area is 106 Å². The minimum Gasteiger partial charge on any atom is -0.297 e. The number of aromatic nitrogens is 2. The van der Waals surface area contributed by atoms with Crippen molar-refractivity contribution in [1.82, 2.24) is 14.7 Å². The largest absolute Gasteiger partial charge is 0.297 e. The van der Waals surface area contributed by atoms with Gasteiger partial charge in [-0.2, -0.15) is 5.10 Å². The van der Waals surface area contributed by atoms with Crippen molar-refractivity contribution in [1.29, 1.82) is 0 Å². The van der Waals surface area contributed by atoms with Gasteiger partial charge in [0.1, 0.15) is 0 Å². The van der Waals surface area contributed by atoms with Crippen molar-refractivity contribution in [2.24, 2.45) is 7.05 Å². The molecule has 90 valence electrons. The van der Waals surface area contributed by atoms with Crippen LogP contribution in [0.5, 0.6) is 0 Å². The van der Waals surface area contributed by atoms with E-state index in [9.17, 15) is 0 Å². The maximum absolute atomic E-state index is 6.23. The summed E-state index contributed by atoms with van der Waals surface area (Å²) in [5.74, 6) is 0. The van der Waals surface area contributed by atoms with Gasteiger partial charge in [0, 0.05) is 19.0 Å². The van der Waals surface area contributed by atoms with Crippen LogP contribution in [-0.4, -0.2) is 33.1 Å². The smallest absolute Gasteiger partial charge is 0.0860 e. The molecule has 2 heterocycles. The zero-order chi connectivity index (χ0) is 11.7. The molecule has 0 amide bonds. The third-order valence-corrected chi connectivity index (χ3v) is 4.08. The van der Waals surface area contributed by atoms with Crippen LogP contribution in [0.4, 0.5) is 0 Å². The average Bonchev–Trinajstić information content (AvgIpc) is 2.48. The number of hydrogen-bond donors (Lipinski definition) is 0. The van der Waals surface area contributed by atoms with Crippen LogP contribution in [0.3, 0.4) is 0 Å². The number of hydrogen-bond acceptors (Lipinski definition) is 2. The van der Waals surface area contributed by atoms with Crippen LogP contribution in [0, 0.1) is 6.92 Å². The summed E-state index contributed by atoms with van der Waals surface area (Å²) in [6.07, 6.45) is 2.13. The second kappa shape index (κ2) is 4.94. The Balaban J connectivity index is 2.03. The van der Waals surface area contributed by atoms with E-state index in [1.54, 1.807) is 0 Å². The maximum Gasteiger partial charge on any atom is 0.0860 e. The number of nitrogens with zero attached hydrogens (tertiary/aromatic N) is 3. The second-order valence-corrected chi connectivity index (χ2v) is 5.42. The predicted molar refractivity (Wildman–Crippen MR) is 67.1 cm³/mol. The quantitative estimate of drug-likeness (QED) is 0.764. The minimum absolute atomic E-state index is 0.347. The lowest BCUT2D eigenvalue weighted by molar-refractivity contribution is 0.218. The standard InChI is InChI=1S/C11H17Cl2N3/c1-8-11(13)10(15(2)14-8)7-16-5-3-9(12)4-6-16/h9H,3-7H2,1-2H3. The second-order valence-electron chi connectivity index (χ2n) is 4.42. The van der Waals surface area contributed by atoms with E-state index in [1.165, 1.54) is 0 Å². The Bertz CT molecular complexity index is 368. The highest BCUT2D eigenvalue weighted by Crippen LogP contribution is 2.23. The molecule has 1 aliphatic heterocycles. The van der Waals surface area contributed by atoms with Gasteiger partial charge in [0.05, 0.1) is 16.4 Å². The number of halogens is 2. The molecular formula is C11H17Cl2N3. The average molecular weight is 262 g/mol. The predicted octanol–water partition coefficient (Wildman–Crippen LogP) is 2.59. The first kappa shape index (κ1) is 12.2. The molecule has 16 heavy (non-hydrogen) atoms. The molecule has 0 N–H and O–H groups in total. The monoisotopic (exact) mass is 261 g/mol. The van der Waals surface area contributed by atoms with E-state index in [4.69, 9.17) is 23.2 Å². The van der Waals surface area contributed by atoms with Crippen LogP contribution in [0.25, 0.3) is 0 Å². The number of likely N-dealkylation sites (tertiary alicyclic amines) is 1. The molecule has 2 rings (SSSR count). The van der Waals surface area contributed by atoms with Crippen molar-refractivity contribution in [3.05, 3.63) is 16.4 Å². The summed E-state index contributed by atoms with van der Waals surface area (Å²) in [5.41, 5.74) is 2.01. The molecule has 0 aliphatic carbocycles. The number of aryl methyl sites for hydroxylation is 2. The molecule has 0 unspecified atom stereocenters. The van der Waals surface area contributed by atoms with Crippen molar-refractivity contribution in [3.63, 3.8) is 0 Å². The van der Waals surface area contributed by atoms with Gasteiger partial charge in [-0.15, -0.1) is 11.6 Å². The summed E-state index contributed by atoms with van der Waals surface area (Å²) in [5, 5.41) is 5.47. The molecule has 1 fully saturated rings. The zero-order valence-electron chi connectivity index (χ0n) is 9.71. The molecule has 5 heteroatoms. The highest BCUT2D eigenvalue weighted by atomic mass is 35.5. The summed E-state index contributed by atoms with van der Waals surface area (Å²) in [6, 6.07) is 0. The lowest BCUT2D eigenvalue weighted by atomic mass is 10.1. The van der Waals surface area contributed by atoms with E-state index in [0.29, 0.717) is 5.38 Å². The number of piperidine rings is 1. The summed E-state index contributed by atoms with van der Waals surface area (Å²) in [7, 11) is 1.95. The van der Waals surface area contributed by atoms with Crippen molar-refractivity contribution in [3.8, 4) is 0 Å². The first-order valence-corrected chi connectivity index (χ1v) is 6.43. The fraction of sp³-hybridized carbons (Fsp3) is 0.727. The molecule has 1 aromatic heterocycles. The molecule has 1 aliphatic rings. The first-order chi connectivity index (χ1) is 7.58. The molecule has 1 aromatic rings. The van der Waals surface area contributed by atoms with E-state index in [0.717, 1.165) is 48.9 Å². The summed E-state index contributed by atoms with van der Waals surface area (Å²) < 4.78 is 1.88. The van der Waals surface area contributed by atoms with Crippen LogP contribution in [-0.2, 0) is 13.6 Å². The summed E-state index contributed by atoms with van der Waals surface area (Å²) >= 11 is 12.3. The van der Waals surface area contributed by atoms with Gasteiger partial charge in [-0.05, 0) is 32.9 Å². The van der Waals surface area contributed by atoms with E-state index in [-0.39, 0.29) is 0 Å². The zero-order valence-corrected chi connectivity index (χ0v) is 11.2. The molecule has 0 saturated carbocycles. The maximum atomic E-state index is 6.23. The third-order valence-electron chi connectivity index (χ3n) is 3.15. The van der Waals surface area contributed by atoms with Gasteiger partial charge < -0.3 is 0 Å². The van der Waals surface area contributed by atoms with Gasteiger partial charge in [0.25, 0.3) is 0 Å². The Kier molecular flexibility index (Phi) is 3.77. The topological polar surface area (TPSA) is 21.1 Å². The van der Waals surface area contributed by atoms with E-state index in [1.807, 2.05) is 18.7 Å². The van der Waals surface area contributed by atoms with Crippen molar-refractivity contribution < 1.29 is 0 Å². The van der Waals surface area contributed by atoms with Gasteiger partial charge in [0.15, 0.2) is 0 Å². The molecule has 3 nitrogen and oxygen atoms in total. The Morgan fingerprint density at radius 2 is 2.00 bits per heavy atom. The molecule has 1 saturated heterocycles. The van der Waals surface area contributed by atoms with Crippen LogP contribution >= 0.6 is 23.2 Å². The minimum atomic E-state index is 0.347. The molecule has 0 bridgehead atoms. The van der Waals surface area contributed by atoms with Crippen LogP contribution in [0.1, 0.15) is 24.2 Å². The van der Waals surface area contributed by atoms with Crippen molar-refractivity contribution in [2.75, 3.05) is 13.1 Å². The van der Waals surface area contributed by atoms with E-state index in [2.05, 4.69) is 10.00 Å². The third kappa shape index (κ3) is 2.53. The van der Waals surface area contributed by atoms with Crippen molar-refractivity contribution >= 4 is 23.2 Å². The molecule has 0 aromatic carbocycles. The van der Waals surface area contributed by atoms with Crippen LogP contribution in [0.2, 0.25) is 5.02 Å². The molecule has 0 atom stereocenters. The summed E-state index contributed by atoms with van der Waals surface area (Å²) in [6.45, 7) is 4.92. The highest BCUT2D eigenvalue weighted by Gasteiger charge is 2.20. The Hall–Kier alpha value is -0.250. The van der Waals surface area contributed by atoms with Gasteiger partial charge in [-0.3, -0.25) is 9.58 Å². The highest BCUT2D eigenvalue weighted by molar-refractivity contribution is 6.31. The Morgan fingerprint density at radius 3 is 2.50 bits per heavy atom. The van der Waals surface area contributed by atoms with Gasteiger partial charge in [-0.25, -0.2) is 0 Å². The molecule has 0 radical (unpaired) electrons. The van der Waals surface area contributed by atoms with Crippen molar-refractivity contribution in [2.45, 2.75) is 31.7 Å². The van der Waals surface area contributed by atoms with E-state index < -0.39 is 0 Å². The summed E-state index contributed by atoms with van der Waals surface area (Å²) in [4.78, 5) is 2.39. The molecular weight excluding hydrogens is 245 g/mol. The van der Waals surface area contributed by atoms with Crippen LogP contribution < -0.4 is 0 Å². The van der Waals surface area contributed by atoms with Crippen LogP contribution in [0.15, 0.2) is 0 Å². The van der Waals surface area contributed by atoms with Gasteiger partial charge in [0.2, 0.25) is 0 Å².